The molecule has 0 radical (unpaired) electrons. The van der Waals surface area contributed by atoms with Gasteiger partial charge in [-0.3, -0.25) is 0 Å². The number of hydrogen-bond acceptors (Lipinski definition) is 6. The van der Waals surface area contributed by atoms with E-state index in [9.17, 15) is 0 Å². The largest absolute Gasteiger partial charge is 0.382 e. The van der Waals surface area contributed by atoms with Gasteiger partial charge in [0.15, 0.2) is 10.8 Å². The first kappa shape index (κ1) is 12.9. The Morgan fingerprint density at radius 2 is 1.80 bits per heavy atom. The van der Waals surface area contributed by atoms with Crippen LogP contribution in [0.2, 0.25) is 0 Å². The average molecular weight is 286 g/mol. The molecule has 3 aromatic rings. The van der Waals surface area contributed by atoms with Crippen LogP contribution in [0.3, 0.4) is 0 Å². The molecule has 20 heavy (non-hydrogen) atoms. The van der Waals surface area contributed by atoms with Gasteiger partial charge in [-0.05, 0) is 38.1 Å². The number of nitrogens with zero attached hydrogens (tertiary/aromatic N) is 5. The van der Waals surface area contributed by atoms with Gasteiger partial charge in [0, 0.05) is 23.8 Å². The number of nitrogen functional groups attached to an aromatic ring is 1. The molecule has 3 heterocycles. The normalized spacial score (nSPS) is 11.2. The Bertz CT molecular complexity index is 772. The van der Waals surface area contributed by atoms with Crippen molar-refractivity contribution in [2.24, 2.45) is 0 Å². The van der Waals surface area contributed by atoms with Gasteiger partial charge < -0.3 is 10.1 Å². The average Bonchev–Trinajstić information content (AvgIpc) is 2.84. The van der Waals surface area contributed by atoms with E-state index in [1.807, 2.05) is 31.4 Å². The number of fused-ring (bicyclic) bond motifs is 1. The molecule has 7 heteroatoms. The molecule has 2 N–H and O–H groups in total. The van der Waals surface area contributed by atoms with E-state index in [0.29, 0.717) is 16.0 Å². The van der Waals surface area contributed by atoms with Crippen molar-refractivity contribution in [3.63, 3.8) is 0 Å². The van der Waals surface area contributed by atoms with Gasteiger partial charge in [0.2, 0.25) is 0 Å². The molecule has 3 rings (SSSR count). The van der Waals surface area contributed by atoms with Crippen molar-refractivity contribution < 1.29 is 0 Å². The molecule has 102 valence electrons. The summed E-state index contributed by atoms with van der Waals surface area (Å²) in [7, 11) is 0. The summed E-state index contributed by atoms with van der Waals surface area (Å²) in [5.74, 6) is 0.443. The molecule has 0 unspecified atom stereocenters. The minimum Gasteiger partial charge on any atom is -0.382 e. The van der Waals surface area contributed by atoms with E-state index in [0.717, 1.165) is 22.6 Å². The third-order valence-electron chi connectivity index (χ3n) is 3.16. The smallest absolute Gasteiger partial charge is 0.194 e. The summed E-state index contributed by atoms with van der Waals surface area (Å²) in [5, 5.41) is 1.37. The lowest BCUT2D eigenvalue weighted by molar-refractivity contribution is 0.878. The van der Waals surface area contributed by atoms with Crippen LogP contribution in [0.5, 0.6) is 0 Å². The van der Waals surface area contributed by atoms with Crippen molar-refractivity contribution in [3.05, 3.63) is 35.5 Å². The van der Waals surface area contributed by atoms with Gasteiger partial charge >= 0.3 is 0 Å². The topological polar surface area (TPSA) is 82.0 Å². The van der Waals surface area contributed by atoms with Crippen LogP contribution in [0, 0.1) is 20.8 Å². The molecular formula is C13H14N6S. The summed E-state index contributed by atoms with van der Waals surface area (Å²) in [6.45, 7) is 5.97. The first-order chi connectivity index (χ1) is 9.54. The van der Waals surface area contributed by atoms with Crippen molar-refractivity contribution in [3.8, 4) is 0 Å². The van der Waals surface area contributed by atoms with E-state index >= 15 is 0 Å². The molecule has 0 amide bonds. The summed E-state index contributed by atoms with van der Waals surface area (Å²) in [4.78, 5) is 17.6. The lowest BCUT2D eigenvalue weighted by Crippen LogP contribution is -2.00. The second-order valence-electron chi connectivity index (χ2n) is 4.53. The van der Waals surface area contributed by atoms with Crippen molar-refractivity contribution in [2.75, 3.05) is 5.73 Å². The molecule has 0 atom stereocenters. The molecule has 0 aromatic carbocycles. The van der Waals surface area contributed by atoms with Crippen molar-refractivity contribution in [1.82, 2.24) is 24.3 Å². The monoisotopic (exact) mass is 286 g/mol. The van der Waals surface area contributed by atoms with E-state index in [1.165, 1.54) is 11.8 Å². The highest BCUT2D eigenvalue weighted by atomic mass is 32.2. The van der Waals surface area contributed by atoms with Crippen LogP contribution in [-0.4, -0.2) is 24.3 Å². The van der Waals surface area contributed by atoms with Crippen LogP contribution in [-0.2, 0) is 0 Å². The Labute approximate surface area is 120 Å². The molecule has 6 nitrogen and oxygen atoms in total. The second-order valence-corrected chi connectivity index (χ2v) is 5.49. The SMILES string of the molecule is Cc1nc(Sc2nc(N)cn3ccnc23)nc(C)c1C. The highest BCUT2D eigenvalue weighted by molar-refractivity contribution is 7.99. The Kier molecular flexibility index (Phi) is 3.06. The minimum atomic E-state index is 0.443. The van der Waals surface area contributed by atoms with E-state index in [4.69, 9.17) is 5.73 Å². The molecule has 0 aliphatic heterocycles. The maximum absolute atomic E-state index is 5.81. The van der Waals surface area contributed by atoms with Gasteiger partial charge in [0.1, 0.15) is 10.8 Å². The van der Waals surface area contributed by atoms with E-state index in [-0.39, 0.29) is 0 Å². The number of anilines is 1. The zero-order valence-electron chi connectivity index (χ0n) is 11.5. The minimum absolute atomic E-state index is 0.443. The van der Waals surface area contributed by atoms with E-state index in [1.54, 1.807) is 12.4 Å². The molecule has 0 bridgehead atoms. The predicted molar refractivity (Wildman–Crippen MR) is 77.8 cm³/mol. The van der Waals surface area contributed by atoms with Gasteiger partial charge in [0.25, 0.3) is 0 Å². The Balaban J connectivity index is 2.07. The van der Waals surface area contributed by atoms with Gasteiger partial charge in [-0.25, -0.2) is 19.9 Å². The lowest BCUT2D eigenvalue weighted by Gasteiger charge is -2.07. The molecule has 0 saturated carbocycles. The molecule has 3 aromatic heterocycles. The zero-order chi connectivity index (χ0) is 14.3. The van der Waals surface area contributed by atoms with Gasteiger partial charge in [-0.1, -0.05) is 0 Å². The molecule has 0 saturated heterocycles. The van der Waals surface area contributed by atoms with Crippen LogP contribution in [0.4, 0.5) is 5.82 Å². The Morgan fingerprint density at radius 3 is 2.50 bits per heavy atom. The van der Waals surface area contributed by atoms with Gasteiger partial charge in [-0.2, -0.15) is 0 Å². The van der Waals surface area contributed by atoms with E-state index < -0.39 is 0 Å². The highest BCUT2D eigenvalue weighted by Crippen LogP contribution is 2.28. The fraction of sp³-hybridized carbons (Fsp3) is 0.231. The standard InChI is InChI=1S/C13H14N6S/c1-7-8(2)16-13(17-9(7)3)20-12-11-15-4-5-19(11)6-10(14)18-12/h4-6H,14H2,1-3H3. The van der Waals surface area contributed by atoms with Crippen molar-refractivity contribution in [2.45, 2.75) is 31.0 Å². The fourth-order valence-electron chi connectivity index (χ4n) is 1.86. The summed E-state index contributed by atoms with van der Waals surface area (Å²) in [5.41, 5.74) is 9.62. The fourth-order valence-corrected chi connectivity index (χ4v) is 2.80. The Hall–Kier alpha value is -2.15. The van der Waals surface area contributed by atoms with Crippen LogP contribution in [0.25, 0.3) is 5.65 Å². The molecule has 0 aliphatic carbocycles. The molecule has 0 aliphatic rings. The number of aryl methyl sites for hydroxylation is 2. The third kappa shape index (κ3) is 2.20. The quantitative estimate of drug-likeness (QED) is 0.727. The van der Waals surface area contributed by atoms with Crippen LogP contribution in [0.15, 0.2) is 28.8 Å². The summed E-state index contributed by atoms with van der Waals surface area (Å²) in [6, 6.07) is 0. The van der Waals surface area contributed by atoms with Gasteiger partial charge in [-0.15, -0.1) is 0 Å². The van der Waals surface area contributed by atoms with Crippen LogP contribution in [0.1, 0.15) is 17.0 Å². The first-order valence-corrected chi connectivity index (χ1v) is 6.95. The third-order valence-corrected chi connectivity index (χ3v) is 3.99. The van der Waals surface area contributed by atoms with Crippen molar-refractivity contribution in [1.29, 1.82) is 0 Å². The maximum atomic E-state index is 5.81. The number of hydrogen-bond donors (Lipinski definition) is 1. The summed E-state index contributed by atoms with van der Waals surface area (Å²) >= 11 is 1.38. The predicted octanol–water partition coefficient (Wildman–Crippen LogP) is 2.18. The maximum Gasteiger partial charge on any atom is 0.194 e. The number of nitrogens with two attached hydrogens (primary N) is 1. The zero-order valence-corrected chi connectivity index (χ0v) is 12.3. The van der Waals surface area contributed by atoms with Gasteiger partial charge in [0.05, 0.1) is 6.20 Å². The van der Waals surface area contributed by atoms with Crippen LogP contribution >= 0.6 is 11.8 Å². The second kappa shape index (κ2) is 4.75. The summed E-state index contributed by atoms with van der Waals surface area (Å²) in [6.07, 6.45) is 5.29. The van der Waals surface area contributed by atoms with Crippen molar-refractivity contribution >= 4 is 23.2 Å². The van der Waals surface area contributed by atoms with E-state index in [2.05, 4.69) is 19.9 Å². The molecule has 0 spiro atoms. The Morgan fingerprint density at radius 1 is 1.10 bits per heavy atom. The number of rotatable bonds is 2. The first-order valence-electron chi connectivity index (χ1n) is 6.13. The lowest BCUT2D eigenvalue weighted by atomic mass is 10.2. The highest BCUT2D eigenvalue weighted by Gasteiger charge is 2.12. The molecular weight excluding hydrogens is 272 g/mol. The molecule has 0 fully saturated rings. The number of aromatic nitrogens is 5. The number of imidazole rings is 1. The van der Waals surface area contributed by atoms with Crippen LogP contribution < -0.4 is 5.73 Å². The summed E-state index contributed by atoms with van der Waals surface area (Å²) < 4.78 is 1.85.